The van der Waals surface area contributed by atoms with Crippen LogP contribution in [0.3, 0.4) is 0 Å². The zero-order valence-electron chi connectivity index (χ0n) is 11.6. The minimum atomic E-state index is -4.57. The van der Waals surface area contributed by atoms with E-state index in [0.29, 0.717) is 23.9 Å². The van der Waals surface area contributed by atoms with Crippen LogP contribution in [0.15, 0.2) is 23.1 Å². The van der Waals surface area contributed by atoms with E-state index in [0.717, 1.165) is 30.7 Å². The van der Waals surface area contributed by atoms with Crippen molar-refractivity contribution in [2.24, 2.45) is 0 Å². The Morgan fingerprint density at radius 3 is 2.59 bits per heavy atom. The van der Waals surface area contributed by atoms with E-state index in [2.05, 4.69) is 0 Å². The van der Waals surface area contributed by atoms with Crippen molar-refractivity contribution < 1.29 is 18.0 Å². The Morgan fingerprint density at radius 2 is 2.00 bits per heavy atom. The van der Waals surface area contributed by atoms with Gasteiger partial charge >= 0.3 is 6.18 Å². The molecule has 22 heavy (non-hydrogen) atoms. The fraction of sp³-hybridized carbons (Fsp3) is 0.467. The highest BCUT2D eigenvalue weighted by Gasteiger charge is 2.41. The quantitative estimate of drug-likeness (QED) is 0.855. The van der Waals surface area contributed by atoms with E-state index in [-0.39, 0.29) is 11.2 Å². The summed E-state index contributed by atoms with van der Waals surface area (Å²) in [6.45, 7) is 0.684. The van der Waals surface area contributed by atoms with Crippen molar-refractivity contribution in [2.75, 3.05) is 6.54 Å². The molecule has 0 radical (unpaired) electrons. The van der Waals surface area contributed by atoms with Crippen LogP contribution in [0.5, 0.6) is 0 Å². The molecule has 2 fully saturated rings. The summed E-state index contributed by atoms with van der Waals surface area (Å²) in [6.07, 6.45) is -1.86. The molecule has 1 amide bonds. The van der Waals surface area contributed by atoms with Gasteiger partial charge in [0.1, 0.15) is 0 Å². The molecule has 1 aromatic rings. The average molecular weight is 326 g/mol. The van der Waals surface area contributed by atoms with E-state index in [1.165, 1.54) is 12.1 Å². The van der Waals surface area contributed by atoms with Crippen molar-refractivity contribution >= 4 is 17.7 Å². The molecular weight excluding hydrogens is 313 g/mol. The molecule has 3 nitrogen and oxygen atoms in total. The summed E-state index contributed by atoms with van der Waals surface area (Å²) in [6, 6.07) is 5.51. The van der Waals surface area contributed by atoms with Gasteiger partial charge in [0.2, 0.25) is 5.91 Å². The number of carbonyl (C=O) groups is 1. The number of hydrogen-bond acceptors (Lipinski definition) is 3. The molecule has 1 unspecified atom stereocenters. The number of alkyl halides is 3. The molecule has 0 aromatic heterocycles. The molecule has 0 bridgehead atoms. The van der Waals surface area contributed by atoms with Gasteiger partial charge in [0.05, 0.1) is 22.4 Å². The summed E-state index contributed by atoms with van der Waals surface area (Å²) < 4.78 is 38.8. The molecule has 1 saturated heterocycles. The first-order chi connectivity index (χ1) is 10.4. The first kappa shape index (κ1) is 15.2. The molecule has 7 heteroatoms. The van der Waals surface area contributed by atoms with Gasteiger partial charge in [-0.3, -0.25) is 4.79 Å². The van der Waals surface area contributed by atoms with Crippen molar-refractivity contribution in [2.45, 2.75) is 41.6 Å². The maximum atomic E-state index is 12.9. The van der Waals surface area contributed by atoms with E-state index >= 15 is 0 Å². The van der Waals surface area contributed by atoms with E-state index < -0.39 is 17.3 Å². The number of nitrogens with zero attached hydrogens (tertiary/aromatic N) is 2. The third-order valence-electron chi connectivity index (χ3n) is 3.87. The fourth-order valence-corrected chi connectivity index (χ4v) is 3.75. The number of hydrogen-bond donors (Lipinski definition) is 0. The number of thioether (sulfide) groups is 1. The molecule has 1 saturated carbocycles. The van der Waals surface area contributed by atoms with Gasteiger partial charge in [0.25, 0.3) is 0 Å². The van der Waals surface area contributed by atoms with Crippen LogP contribution in [-0.2, 0) is 11.0 Å². The minimum absolute atomic E-state index is 0.0189. The fourth-order valence-electron chi connectivity index (χ4n) is 2.63. The lowest BCUT2D eigenvalue weighted by Crippen LogP contribution is -2.30. The van der Waals surface area contributed by atoms with E-state index in [1.54, 1.807) is 6.07 Å². The monoisotopic (exact) mass is 326 g/mol. The molecule has 3 rings (SSSR count). The number of likely N-dealkylation sites (tertiary alicyclic amines) is 1. The molecule has 0 spiro atoms. The molecular formula is C15H13F3N2OS. The van der Waals surface area contributed by atoms with Gasteiger partial charge in [-0.15, -0.1) is 11.8 Å². The third kappa shape index (κ3) is 2.93. The molecule has 1 aliphatic heterocycles. The molecule has 2 aliphatic rings. The maximum Gasteiger partial charge on any atom is 0.417 e. The van der Waals surface area contributed by atoms with Crippen molar-refractivity contribution in [3.63, 3.8) is 0 Å². The first-order valence-corrected chi connectivity index (χ1v) is 7.86. The Balaban J connectivity index is 1.78. The Morgan fingerprint density at radius 1 is 1.27 bits per heavy atom. The SMILES string of the molecule is N#Cc1ccc(SC2CCN(C3CC3)C2=O)cc1C(F)(F)F. The summed E-state index contributed by atoms with van der Waals surface area (Å²) in [5.41, 5.74) is -1.33. The highest BCUT2D eigenvalue weighted by atomic mass is 32.2. The minimum Gasteiger partial charge on any atom is -0.339 e. The molecule has 116 valence electrons. The van der Waals surface area contributed by atoms with Crippen LogP contribution < -0.4 is 0 Å². The molecule has 1 aromatic carbocycles. The van der Waals surface area contributed by atoms with Crippen LogP contribution in [-0.4, -0.2) is 28.6 Å². The van der Waals surface area contributed by atoms with Gasteiger partial charge in [0.15, 0.2) is 0 Å². The lowest BCUT2D eigenvalue weighted by atomic mass is 10.1. The Bertz CT molecular complexity index is 649. The summed E-state index contributed by atoms with van der Waals surface area (Å²) in [7, 11) is 0. The van der Waals surface area contributed by atoms with E-state index in [9.17, 15) is 18.0 Å². The summed E-state index contributed by atoms with van der Waals surface area (Å²) in [5.74, 6) is 0.0189. The zero-order chi connectivity index (χ0) is 15.9. The van der Waals surface area contributed by atoms with Crippen molar-refractivity contribution in [3.05, 3.63) is 29.3 Å². The Labute approximate surface area is 130 Å². The predicted octanol–water partition coefficient (Wildman–Crippen LogP) is 3.43. The van der Waals surface area contributed by atoms with Crippen molar-refractivity contribution in [3.8, 4) is 6.07 Å². The van der Waals surface area contributed by atoms with Crippen molar-refractivity contribution in [1.82, 2.24) is 4.90 Å². The Hall–Kier alpha value is -1.68. The third-order valence-corrected chi connectivity index (χ3v) is 5.12. The van der Waals surface area contributed by atoms with Crippen LogP contribution in [0.4, 0.5) is 13.2 Å². The molecule has 1 aliphatic carbocycles. The van der Waals surface area contributed by atoms with Gasteiger partial charge in [-0.05, 0) is 37.5 Å². The Kier molecular flexibility index (Phi) is 3.81. The van der Waals surface area contributed by atoms with Crippen LogP contribution >= 0.6 is 11.8 Å². The highest BCUT2D eigenvalue weighted by Crippen LogP contribution is 2.39. The lowest BCUT2D eigenvalue weighted by Gasteiger charge is -2.16. The number of carbonyl (C=O) groups excluding carboxylic acids is 1. The molecule has 1 heterocycles. The zero-order valence-corrected chi connectivity index (χ0v) is 12.4. The van der Waals surface area contributed by atoms with Crippen LogP contribution in [0.1, 0.15) is 30.4 Å². The molecule has 0 N–H and O–H groups in total. The van der Waals surface area contributed by atoms with E-state index in [1.807, 2.05) is 4.90 Å². The number of amides is 1. The van der Waals surface area contributed by atoms with Crippen LogP contribution in [0.25, 0.3) is 0 Å². The number of nitriles is 1. The van der Waals surface area contributed by atoms with Gasteiger partial charge < -0.3 is 4.90 Å². The number of halogens is 3. The first-order valence-electron chi connectivity index (χ1n) is 6.98. The second kappa shape index (κ2) is 5.51. The smallest absolute Gasteiger partial charge is 0.339 e. The largest absolute Gasteiger partial charge is 0.417 e. The number of benzene rings is 1. The highest BCUT2D eigenvalue weighted by molar-refractivity contribution is 8.00. The normalized spacial score (nSPS) is 22.0. The topological polar surface area (TPSA) is 44.1 Å². The summed E-state index contributed by atoms with van der Waals surface area (Å²) >= 11 is 1.16. The maximum absolute atomic E-state index is 12.9. The van der Waals surface area contributed by atoms with Gasteiger partial charge in [0, 0.05) is 17.5 Å². The van der Waals surface area contributed by atoms with Crippen LogP contribution in [0.2, 0.25) is 0 Å². The second-order valence-electron chi connectivity index (χ2n) is 5.47. The standard InChI is InChI=1S/C15H13F3N2OS/c16-15(17,18)12-7-11(4-1-9(12)8-19)22-13-5-6-20(14(13)21)10-2-3-10/h1,4,7,10,13H,2-3,5-6H2. The lowest BCUT2D eigenvalue weighted by molar-refractivity contribution is -0.138. The summed E-state index contributed by atoms with van der Waals surface area (Å²) in [4.78, 5) is 14.4. The van der Waals surface area contributed by atoms with Gasteiger partial charge in [-0.1, -0.05) is 0 Å². The van der Waals surface area contributed by atoms with Crippen molar-refractivity contribution in [1.29, 1.82) is 5.26 Å². The van der Waals surface area contributed by atoms with Gasteiger partial charge in [-0.2, -0.15) is 18.4 Å². The summed E-state index contributed by atoms with van der Waals surface area (Å²) in [5, 5.41) is 8.46. The predicted molar refractivity (Wildman–Crippen MR) is 75.2 cm³/mol. The second-order valence-corrected chi connectivity index (χ2v) is 6.75. The average Bonchev–Trinajstić information content (AvgIpc) is 3.24. The van der Waals surface area contributed by atoms with E-state index in [4.69, 9.17) is 5.26 Å². The van der Waals surface area contributed by atoms with Gasteiger partial charge in [-0.25, -0.2) is 0 Å². The number of rotatable bonds is 3. The van der Waals surface area contributed by atoms with Crippen LogP contribution in [0, 0.1) is 11.3 Å². The molecule has 1 atom stereocenters.